The molecule has 2 rings (SSSR count). The zero-order valence-electron chi connectivity index (χ0n) is 11.1. The number of thiocarbonyl (C=S) groups is 1. The minimum Gasteiger partial charge on any atom is -0.375 e. The molecule has 0 aliphatic heterocycles. The molecule has 0 saturated carbocycles. The lowest BCUT2D eigenvalue weighted by molar-refractivity contribution is -0.137. The minimum atomic E-state index is -4.39. The molecule has 22 heavy (non-hydrogen) atoms. The van der Waals surface area contributed by atoms with Crippen LogP contribution in [0.2, 0.25) is 0 Å². The molecule has 0 unspecified atom stereocenters. The number of benzene rings is 1. The number of aromatic nitrogens is 1. The Kier molecular flexibility index (Phi) is 4.71. The number of hydrogen-bond acceptors (Lipinski definition) is 3. The molecule has 4 nitrogen and oxygen atoms in total. The summed E-state index contributed by atoms with van der Waals surface area (Å²) in [5, 5.41) is 3.83. The standard InChI is InChI=1S/C14H11F3N4S/c15-14(16,17)11-5-6-19-12(7-11)10-3-1-9(2-4-10)8-20-21-13(18)22/h1-8H,(H3,18,21,22). The Morgan fingerprint density at radius 1 is 1.23 bits per heavy atom. The number of rotatable bonds is 3. The zero-order valence-corrected chi connectivity index (χ0v) is 11.9. The van der Waals surface area contributed by atoms with Crippen molar-refractivity contribution in [3.05, 3.63) is 53.7 Å². The third kappa shape index (κ3) is 4.26. The summed E-state index contributed by atoms with van der Waals surface area (Å²) in [6, 6.07) is 8.66. The molecule has 0 bridgehead atoms. The van der Waals surface area contributed by atoms with Crippen molar-refractivity contribution in [2.24, 2.45) is 10.8 Å². The Balaban J connectivity index is 2.20. The molecule has 1 heterocycles. The fraction of sp³-hybridized carbons (Fsp3) is 0.0714. The van der Waals surface area contributed by atoms with Gasteiger partial charge in [0, 0.05) is 11.8 Å². The number of nitrogens with zero attached hydrogens (tertiary/aromatic N) is 2. The molecule has 0 atom stereocenters. The van der Waals surface area contributed by atoms with Crippen molar-refractivity contribution in [1.29, 1.82) is 0 Å². The smallest absolute Gasteiger partial charge is 0.375 e. The van der Waals surface area contributed by atoms with Crippen LogP contribution in [0.5, 0.6) is 0 Å². The SMILES string of the molecule is NC(=S)NN=Cc1ccc(-c2cc(C(F)(F)F)ccn2)cc1. The predicted octanol–water partition coefficient (Wildman–Crippen LogP) is 2.93. The summed E-state index contributed by atoms with van der Waals surface area (Å²) >= 11 is 4.59. The van der Waals surface area contributed by atoms with E-state index in [-0.39, 0.29) is 10.8 Å². The lowest BCUT2D eigenvalue weighted by Crippen LogP contribution is -2.23. The molecule has 1 aromatic carbocycles. The molecule has 0 amide bonds. The molecule has 8 heteroatoms. The molecule has 1 aromatic heterocycles. The number of halogens is 3. The third-order valence-electron chi connectivity index (χ3n) is 2.68. The van der Waals surface area contributed by atoms with Gasteiger partial charge >= 0.3 is 6.18 Å². The van der Waals surface area contributed by atoms with Crippen molar-refractivity contribution in [3.63, 3.8) is 0 Å². The third-order valence-corrected chi connectivity index (χ3v) is 2.77. The van der Waals surface area contributed by atoms with Crippen LogP contribution in [0, 0.1) is 0 Å². The highest BCUT2D eigenvalue weighted by Crippen LogP contribution is 2.31. The number of nitrogens with one attached hydrogen (secondary N) is 1. The maximum absolute atomic E-state index is 12.7. The first-order valence-corrected chi connectivity index (χ1v) is 6.49. The average Bonchev–Trinajstić information content (AvgIpc) is 2.47. The molecule has 0 saturated heterocycles. The Labute approximate surface area is 129 Å². The highest BCUT2D eigenvalue weighted by atomic mass is 32.1. The highest BCUT2D eigenvalue weighted by molar-refractivity contribution is 7.80. The second kappa shape index (κ2) is 6.52. The fourth-order valence-electron chi connectivity index (χ4n) is 1.68. The van der Waals surface area contributed by atoms with E-state index in [0.29, 0.717) is 5.56 Å². The monoisotopic (exact) mass is 324 g/mol. The summed E-state index contributed by atoms with van der Waals surface area (Å²) in [7, 11) is 0. The number of hydrogen-bond donors (Lipinski definition) is 2. The molecule has 114 valence electrons. The maximum atomic E-state index is 12.7. The first kappa shape index (κ1) is 15.9. The van der Waals surface area contributed by atoms with Gasteiger partial charge in [-0.05, 0) is 29.9 Å². The Hall–Kier alpha value is -2.48. The topological polar surface area (TPSA) is 63.3 Å². The molecule has 0 aliphatic rings. The van der Waals surface area contributed by atoms with E-state index in [1.54, 1.807) is 24.3 Å². The van der Waals surface area contributed by atoms with Gasteiger partial charge in [0.15, 0.2) is 5.11 Å². The van der Waals surface area contributed by atoms with Crippen molar-refractivity contribution in [2.75, 3.05) is 0 Å². The number of alkyl halides is 3. The summed E-state index contributed by atoms with van der Waals surface area (Å²) in [4.78, 5) is 3.96. The Morgan fingerprint density at radius 3 is 2.50 bits per heavy atom. The fourth-order valence-corrected chi connectivity index (χ4v) is 1.73. The summed E-state index contributed by atoms with van der Waals surface area (Å²) in [6.45, 7) is 0. The molecular weight excluding hydrogens is 313 g/mol. The molecule has 3 N–H and O–H groups in total. The van der Waals surface area contributed by atoms with E-state index in [9.17, 15) is 13.2 Å². The van der Waals surface area contributed by atoms with Crippen LogP contribution in [0.15, 0.2) is 47.7 Å². The lowest BCUT2D eigenvalue weighted by atomic mass is 10.1. The summed E-state index contributed by atoms with van der Waals surface area (Å²) < 4.78 is 38.0. The van der Waals surface area contributed by atoms with E-state index in [4.69, 9.17) is 5.73 Å². The van der Waals surface area contributed by atoms with Gasteiger partial charge in [0.2, 0.25) is 0 Å². The van der Waals surface area contributed by atoms with Gasteiger partial charge in [0.25, 0.3) is 0 Å². The zero-order chi connectivity index (χ0) is 16.2. The van der Waals surface area contributed by atoms with Gasteiger partial charge in [-0.2, -0.15) is 18.3 Å². The first-order chi connectivity index (χ1) is 10.4. The minimum absolute atomic E-state index is 0.0426. The number of nitrogens with two attached hydrogens (primary N) is 1. The van der Waals surface area contributed by atoms with Crippen LogP contribution in [-0.4, -0.2) is 16.3 Å². The first-order valence-electron chi connectivity index (χ1n) is 6.08. The van der Waals surface area contributed by atoms with E-state index in [0.717, 1.165) is 23.9 Å². The summed E-state index contributed by atoms with van der Waals surface area (Å²) in [6.07, 6.45) is -1.77. The summed E-state index contributed by atoms with van der Waals surface area (Å²) in [5.74, 6) is 0. The largest absolute Gasteiger partial charge is 0.416 e. The van der Waals surface area contributed by atoms with E-state index in [1.807, 2.05) is 0 Å². The normalized spacial score (nSPS) is 11.6. The van der Waals surface area contributed by atoms with Crippen molar-refractivity contribution in [1.82, 2.24) is 10.4 Å². The van der Waals surface area contributed by atoms with Crippen LogP contribution in [0.4, 0.5) is 13.2 Å². The van der Waals surface area contributed by atoms with Crippen LogP contribution >= 0.6 is 12.2 Å². The molecule has 0 aliphatic carbocycles. The van der Waals surface area contributed by atoms with Crippen LogP contribution in [0.1, 0.15) is 11.1 Å². The van der Waals surface area contributed by atoms with Gasteiger partial charge in [-0.15, -0.1) is 0 Å². The Bertz CT molecular complexity index is 696. The van der Waals surface area contributed by atoms with Crippen molar-refractivity contribution in [2.45, 2.75) is 6.18 Å². The highest BCUT2D eigenvalue weighted by Gasteiger charge is 2.30. The second-order valence-electron chi connectivity index (χ2n) is 4.28. The van der Waals surface area contributed by atoms with Crippen LogP contribution in [0.3, 0.4) is 0 Å². The van der Waals surface area contributed by atoms with E-state index >= 15 is 0 Å². The van der Waals surface area contributed by atoms with Gasteiger partial charge in [-0.3, -0.25) is 10.4 Å². The van der Waals surface area contributed by atoms with Gasteiger partial charge in [0.1, 0.15) is 0 Å². The maximum Gasteiger partial charge on any atom is 0.416 e. The predicted molar refractivity (Wildman–Crippen MR) is 82.2 cm³/mol. The van der Waals surface area contributed by atoms with Crippen LogP contribution in [0.25, 0.3) is 11.3 Å². The Morgan fingerprint density at radius 2 is 1.91 bits per heavy atom. The van der Waals surface area contributed by atoms with Crippen molar-refractivity contribution in [3.8, 4) is 11.3 Å². The van der Waals surface area contributed by atoms with Crippen LogP contribution in [-0.2, 0) is 6.18 Å². The molecule has 2 aromatic rings. The second-order valence-corrected chi connectivity index (χ2v) is 4.72. The molecule has 0 radical (unpaired) electrons. The number of hydrazone groups is 1. The van der Waals surface area contributed by atoms with Gasteiger partial charge < -0.3 is 5.73 Å². The van der Waals surface area contributed by atoms with Gasteiger partial charge in [0.05, 0.1) is 17.5 Å². The van der Waals surface area contributed by atoms with E-state index in [1.165, 1.54) is 6.21 Å². The average molecular weight is 324 g/mol. The molecule has 0 fully saturated rings. The summed E-state index contributed by atoms with van der Waals surface area (Å²) in [5.41, 5.74) is 8.45. The van der Waals surface area contributed by atoms with Gasteiger partial charge in [-0.1, -0.05) is 24.3 Å². The quantitative estimate of drug-likeness (QED) is 0.518. The lowest BCUT2D eigenvalue weighted by Gasteiger charge is -2.08. The van der Waals surface area contributed by atoms with E-state index in [2.05, 4.69) is 27.7 Å². The molecular formula is C14H11F3N4S. The van der Waals surface area contributed by atoms with E-state index < -0.39 is 11.7 Å². The van der Waals surface area contributed by atoms with Crippen molar-refractivity contribution >= 4 is 23.5 Å². The van der Waals surface area contributed by atoms with Gasteiger partial charge in [-0.25, -0.2) is 0 Å². The molecule has 0 spiro atoms. The van der Waals surface area contributed by atoms with Crippen LogP contribution < -0.4 is 11.2 Å². The number of pyridine rings is 1. The van der Waals surface area contributed by atoms with Crippen molar-refractivity contribution < 1.29 is 13.2 Å².